The SMILES string of the molecule is CCN(Cc1ccccc1)C(=O)c1cc(N(CC)c2ccccc2)nc(C)n1. The molecule has 0 saturated heterocycles. The summed E-state index contributed by atoms with van der Waals surface area (Å²) in [4.78, 5) is 26.0. The Morgan fingerprint density at radius 1 is 0.893 bits per heavy atom. The molecule has 0 fully saturated rings. The van der Waals surface area contributed by atoms with E-state index in [1.807, 2.05) is 74.5 Å². The quantitative estimate of drug-likeness (QED) is 0.606. The number of carbonyl (C=O) groups excluding carboxylic acids is 1. The molecular weight excluding hydrogens is 348 g/mol. The average molecular weight is 374 g/mol. The lowest BCUT2D eigenvalue weighted by Crippen LogP contribution is -2.31. The van der Waals surface area contributed by atoms with Crippen LogP contribution < -0.4 is 4.90 Å². The number of hydrogen-bond acceptors (Lipinski definition) is 4. The van der Waals surface area contributed by atoms with E-state index < -0.39 is 0 Å². The van der Waals surface area contributed by atoms with E-state index in [1.54, 1.807) is 11.0 Å². The van der Waals surface area contributed by atoms with Gasteiger partial charge in [-0.15, -0.1) is 0 Å². The van der Waals surface area contributed by atoms with Crippen LogP contribution in [0.4, 0.5) is 11.5 Å². The van der Waals surface area contributed by atoms with Crippen molar-refractivity contribution in [1.29, 1.82) is 0 Å². The minimum Gasteiger partial charge on any atom is -0.333 e. The first kappa shape index (κ1) is 19.5. The Bertz CT molecular complexity index is 912. The van der Waals surface area contributed by atoms with Gasteiger partial charge in [0.2, 0.25) is 0 Å². The van der Waals surface area contributed by atoms with Crippen LogP contribution in [0, 0.1) is 6.92 Å². The molecule has 5 heteroatoms. The summed E-state index contributed by atoms with van der Waals surface area (Å²) < 4.78 is 0. The van der Waals surface area contributed by atoms with Crippen molar-refractivity contribution < 1.29 is 4.79 Å². The fourth-order valence-electron chi connectivity index (χ4n) is 3.18. The highest BCUT2D eigenvalue weighted by Crippen LogP contribution is 2.24. The molecule has 0 aliphatic heterocycles. The van der Waals surface area contributed by atoms with Gasteiger partial charge in [0.25, 0.3) is 5.91 Å². The van der Waals surface area contributed by atoms with Crippen molar-refractivity contribution in [3.05, 3.63) is 83.8 Å². The Kier molecular flexibility index (Phi) is 6.37. The topological polar surface area (TPSA) is 49.3 Å². The Morgan fingerprint density at radius 3 is 2.14 bits per heavy atom. The van der Waals surface area contributed by atoms with Crippen molar-refractivity contribution >= 4 is 17.4 Å². The number of amides is 1. The van der Waals surface area contributed by atoms with Crippen LogP contribution in [0.25, 0.3) is 0 Å². The van der Waals surface area contributed by atoms with Gasteiger partial charge in [0.15, 0.2) is 0 Å². The number of aromatic nitrogens is 2. The maximum absolute atomic E-state index is 13.1. The smallest absolute Gasteiger partial charge is 0.272 e. The molecule has 0 bridgehead atoms. The molecule has 0 aliphatic rings. The zero-order valence-electron chi connectivity index (χ0n) is 16.7. The van der Waals surface area contributed by atoms with Crippen LogP contribution in [0.15, 0.2) is 66.7 Å². The lowest BCUT2D eigenvalue weighted by atomic mass is 10.2. The molecule has 0 aliphatic carbocycles. The van der Waals surface area contributed by atoms with Crippen LogP contribution >= 0.6 is 0 Å². The molecule has 5 nitrogen and oxygen atoms in total. The number of carbonyl (C=O) groups is 1. The normalized spacial score (nSPS) is 10.5. The zero-order valence-corrected chi connectivity index (χ0v) is 16.7. The van der Waals surface area contributed by atoms with Crippen LogP contribution in [0.1, 0.15) is 35.7 Å². The van der Waals surface area contributed by atoms with E-state index in [-0.39, 0.29) is 5.91 Å². The molecule has 0 spiro atoms. The number of benzene rings is 2. The summed E-state index contributed by atoms with van der Waals surface area (Å²) in [6, 6.07) is 21.9. The first-order valence-electron chi connectivity index (χ1n) is 9.63. The second kappa shape index (κ2) is 9.13. The number of aryl methyl sites for hydroxylation is 1. The molecular formula is C23H26N4O. The molecule has 2 aromatic carbocycles. The Labute approximate surface area is 166 Å². The first-order valence-corrected chi connectivity index (χ1v) is 9.63. The van der Waals surface area contributed by atoms with Gasteiger partial charge in [-0.1, -0.05) is 48.5 Å². The highest BCUT2D eigenvalue weighted by atomic mass is 16.2. The lowest BCUT2D eigenvalue weighted by Gasteiger charge is -2.24. The van der Waals surface area contributed by atoms with Gasteiger partial charge in [-0.25, -0.2) is 9.97 Å². The summed E-state index contributed by atoms with van der Waals surface area (Å²) in [6.45, 7) is 7.80. The number of anilines is 2. The largest absolute Gasteiger partial charge is 0.333 e. The molecule has 0 N–H and O–H groups in total. The summed E-state index contributed by atoms with van der Waals surface area (Å²) in [7, 11) is 0. The molecule has 144 valence electrons. The molecule has 3 rings (SSSR count). The average Bonchev–Trinajstić information content (AvgIpc) is 2.73. The predicted molar refractivity (Wildman–Crippen MR) is 113 cm³/mol. The zero-order chi connectivity index (χ0) is 19.9. The number of hydrogen-bond donors (Lipinski definition) is 0. The van der Waals surface area contributed by atoms with Gasteiger partial charge in [-0.3, -0.25) is 4.79 Å². The van der Waals surface area contributed by atoms with Crippen LogP contribution in [-0.4, -0.2) is 33.9 Å². The van der Waals surface area contributed by atoms with Gasteiger partial charge in [0.05, 0.1) is 0 Å². The summed E-state index contributed by atoms with van der Waals surface area (Å²) >= 11 is 0. The van der Waals surface area contributed by atoms with E-state index in [1.165, 1.54) is 0 Å². The van der Waals surface area contributed by atoms with Crippen molar-refractivity contribution in [2.45, 2.75) is 27.3 Å². The van der Waals surface area contributed by atoms with Gasteiger partial charge in [-0.2, -0.15) is 0 Å². The van der Waals surface area contributed by atoms with E-state index in [0.29, 0.717) is 24.6 Å². The molecule has 0 saturated carbocycles. The molecule has 0 unspecified atom stereocenters. The summed E-state index contributed by atoms with van der Waals surface area (Å²) in [5.41, 5.74) is 2.57. The fraction of sp³-hybridized carbons (Fsp3) is 0.261. The Balaban J connectivity index is 1.90. The van der Waals surface area contributed by atoms with Crippen LogP contribution in [0.3, 0.4) is 0 Å². The first-order chi connectivity index (χ1) is 13.6. The highest BCUT2D eigenvalue weighted by Gasteiger charge is 2.19. The second-order valence-electron chi connectivity index (χ2n) is 6.54. The van der Waals surface area contributed by atoms with E-state index in [0.717, 1.165) is 23.6 Å². The van der Waals surface area contributed by atoms with Crippen LogP contribution in [0.2, 0.25) is 0 Å². The maximum atomic E-state index is 13.1. The monoisotopic (exact) mass is 374 g/mol. The van der Waals surface area contributed by atoms with Crippen molar-refractivity contribution in [2.24, 2.45) is 0 Å². The van der Waals surface area contributed by atoms with Gasteiger partial charge < -0.3 is 9.80 Å². The standard InChI is InChI=1S/C23H26N4O/c1-4-26(17-19-12-8-6-9-13-19)23(28)21-16-22(25-18(3)24-21)27(5-2)20-14-10-7-11-15-20/h6-16H,4-5,17H2,1-3H3. The van der Waals surface area contributed by atoms with Gasteiger partial charge in [-0.05, 0) is 38.5 Å². The van der Waals surface area contributed by atoms with Crippen LogP contribution in [0.5, 0.6) is 0 Å². The Hall–Kier alpha value is -3.21. The molecule has 1 aromatic heterocycles. The van der Waals surface area contributed by atoms with Gasteiger partial charge >= 0.3 is 0 Å². The fourth-order valence-corrected chi connectivity index (χ4v) is 3.18. The Morgan fingerprint density at radius 2 is 1.54 bits per heavy atom. The highest BCUT2D eigenvalue weighted by molar-refractivity contribution is 5.93. The summed E-state index contributed by atoms with van der Waals surface area (Å²) in [5.74, 6) is 1.24. The molecule has 3 aromatic rings. The van der Waals surface area contributed by atoms with Crippen molar-refractivity contribution in [1.82, 2.24) is 14.9 Å². The molecule has 0 radical (unpaired) electrons. The molecule has 1 heterocycles. The minimum atomic E-state index is -0.0813. The third-order valence-corrected chi connectivity index (χ3v) is 4.59. The summed E-state index contributed by atoms with van der Waals surface area (Å²) in [6.07, 6.45) is 0. The van der Waals surface area contributed by atoms with E-state index >= 15 is 0 Å². The lowest BCUT2D eigenvalue weighted by molar-refractivity contribution is 0.0746. The third kappa shape index (κ3) is 4.55. The number of nitrogens with zero attached hydrogens (tertiary/aromatic N) is 4. The molecule has 1 amide bonds. The summed E-state index contributed by atoms with van der Waals surface area (Å²) in [5, 5.41) is 0. The van der Waals surface area contributed by atoms with E-state index in [2.05, 4.69) is 21.8 Å². The van der Waals surface area contributed by atoms with Crippen molar-refractivity contribution in [3.8, 4) is 0 Å². The maximum Gasteiger partial charge on any atom is 0.272 e. The van der Waals surface area contributed by atoms with E-state index in [4.69, 9.17) is 0 Å². The molecule has 0 atom stereocenters. The van der Waals surface area contributed by atoms with Crippen molar-refractivity contribution in [3.63, 3.8) is 0 Å². The van der Waals surface area contributed by atoms with Crippen molar-refractivity contribution in [2.75, 3.05) is 18.0 Å². The second-order valence-corrected chi connectivity index (χ2v) is 6.54. The van der Waals surface area contributed by atoms with E-state index in [9.17, 15) is 4.79 Å². The molecule has 28 heavy (non-hydrogen) atoms. The van der Waals surface area contributed by atoms with Gasteiger partial charge in [0, 0.05) is 31.4 Å². The van der Waals surface area contributed by atoms with Gasteiger partial charge in [0.1, 0.15) is 17.3 Å². The number of para-hydroxylation sites is 1. The predicted octanol–water partition coefficient (Wildman–Crippen LogP) is 4.61. The van der Waals surface area contributed by atoms with Crippen LogP contribution in [-0.2, 0) is 6.54 Å². The number of rotatable bonds is 7. The third-order valence-electron chi connectivity index (χ3n) is 4.59. The minimum absolute atomic E-state index is 0.0813.